The number of amides is 1. The number of rotatable bonds is 4. The van der Waals surface area contributed by atoms with Gasteiger partial charge in [0.15, 0.2) is 5.82 Å². The number of hydrogen-bond donors (Lipinski definition) is 1. The van der Waals surface area contributed by atoms with E-state index in [0.29, 0.717) is 0 Å². The Bertz CT molecular complexity index is 932. The molecule has 5 nitrogen and oxygen atoms in total. The Balaban J connectivity index is 1.41. The molecule has 1 saturated heterocycles. The van der Waals surface area contributed by atoms with Crippen LogP contribution >= 0.6 is 0 Å². The predicted molar refractivity (Wildman–Crippen MR) is 112 cm³/mol. The van der Waals surface area contributed by atoms with Gasteiger partial charge in [-0.05, 0) is 43.5 Å². The van der Waals surface area contributed by atoms with E-state index in [1.54, 1.807) is 0 Å². The number of para-hydroxylation sites is 1. The maximum absolute atomic E-state index is 12.9. The molecule has 4 rings (SSSR count). The zero-order chi connectivity index (χ0) is 19.3. The molecule has 0 atom stereocenters. The summed E-state index contributed by atoms with van der Waals surface area (Å²) >= 11 is 0. The third kappa shape index (κ3) is 4.03. The number of anilines is 2. The Morgan fingerprint density at radius 1 is 0.929 bits per heavy atom. The molecule has 0 bridgehead atoms. The fourth-order valence-corrected chi connectivity index (χ4v) is 3.63. The van der Waals surface area contributed by atoms with Gasteiger partial charge in [-0.3, -0.25) is 4.79 Å². The molecule has 3 aromatic rings. The van der Waals surface area contributed by atoms with Gasteiger partial charge < -0.3 is 10.2 Å². The highest BCUT2D eigenvalue weighted by atomic mass is 16.1. The van der Waals surface area contributed by atoms with Crippen molar-refractivity contribution in [3.8, 4) is 11.1 Å². The van der Waals surface area contributed by atoms with E-state index in [9.17, 15) is 4.79 Å². The number of carbonyl (C=O) groups excluding carboxylic acids is 1. The van der Waals surface area contributed by atoms with E-state index < -0.39 is 0 Å². The first-order valence-electron chi connectivity index (χ1n) is 9.71. The summed E-state index contributed by atoms with van der Waals surface area (Å²) in [5.41, 5.74) is 3.93. The summed E-state index contributed by atoms with van der Waals surface area (Å²) in [5, 5.41) is 11.5. The maximum Gasteiger partial charge on any atom is 0.227 e. The van der Waals surface area contributed by atoms with E-state index >= 15 is 0 Å². The molecular formula is C23H24N4O. The van der Waals surface area contributed by atoms with E-state index in [2.05, 4.69) is 32.5 Å². The Morgan fingerprint density at radius 2 is 1.64 bits per heavy atom. The Morgan fingerprint density at radius 3 is 2.36 bits per heavy atom. The Hall–Kier alpha value is -3.21. The number of nitrogens with one attached hydrogen (secondary N) is 1. The van der Waals surface area contributed by atoms with Gasteiger partial charge in [0, 0.05) is 30.3 Å². The molecule has 0 spiro atoms. The Labute approximate surface area is 165 Å². The minimum atomic E-state index is 0.0125. The largest absolute Gasteiger partial charge is 0.355 e. The van der Waals surface area contributed by atoms with Crippen molar-refractivity contribution in [3.63, 3.8) is 0 Å². The number of nitrogens with zero attached hydrogens (tertiary/aromatic N) is 3. The lowest BCUT2D eigenvalue weighted by atomic mass is 9.95. The molecular weight excluding hydrogens is 348 g/mol. The van der Waals surface area contributed by atoms with Crippen LogP contribution in [0.1, 0.15) is 18.5 Å². The summed E-state index contributed by atoms with van der Waals surface area (Å²) in [4.78, 5) is 15.1. The van der Waals surface area contributed by atoms with E-state index in [4.69, 9.17) is 0 Å². The van der Waals surface area contributed by atoms with Crippen LogP contribution in [0.4, 0.5) is 11.5 Å². The minimum Gasteiger partial charge on any atom is -0.355 e. The van der Waals surface area contributed by atoms with Crippen LogP contribution in [-0.4, -0.2) is 29.2 Å². The van der Waals surface area contributed by atoms with Gasteiger partial charge in [0.05, 0.1) is 5.69 Å². The molecule has 1 N–H and O–H groups in total. The summed E-state index contributed by atoms with van der Waals surface area (Å²) in [6, 6.07) is 22.1. The van der Waals surface area contributed by atoms with Crippen molar-refractivity contribution in [2.24, 2.45) is 5.92 Å². The van der Waals surface area contributed by atoms with Crippen molar-refractivity contribution >= 4 is 17.4 Å². The fourth-order valence-electron chi connectivity index (χ4n) is 3.63. The van der Waals surface area contributed by atoms with E-state index in [0.717, 1.165) is 54.3 Å². The van der Waals surface area contributed by atoms with E-state index in [1.165, 1.54) is 0 Å². The lowest BCUT2D eigenvalue weighted by Gasteiger charge is -2.32. The average Bonchev–Trinajstić information content (AvgIpc) is 2.75. The predicted octanol–water partition coefficient (Wildman–Crippen LogP) is 4.31. The molecule has 1 aliphatic heterocycles. The van der Waals surface area contributed by atoms with Gasteiger partial charge in [0.25, 0.3) is 0 Å². The van der Waals surface area contributed by atoms with Crippen LogP contribution in [0.15, 0.2) is 66.7 Å². The molecule has 2 heterocycles. The van der Waals surface area contributed by atoms with Crippen LogP contribution in [0.5, 0.6) is 0 Å². The first kappa shape index (κ1) is 18.2. The number of carbonyl (C=O) groups is 1. The van der Waals surface area contributed by atoms with Gasteiger partial charge in [-0.2, -0.15) is 5.10 Å². The second kappa shape index (κ2) is 8.21. The number of aryl methyl sites for hydroxylation is 1. The molecule has 142 valence electrons. The number of piperidine rings is 1. The topological polar surface area (TPSA) is 58.1 Å². The Kier molecular flexibility index (Phi) is 5.33. The highest BCUT2D eigenvalue weighted by Gasteiger charge is 2.26. The summed E-state index contributed by atoms with van der Waals surface area (Å²) in [5.74, 6) is 0.996. The molecule has 0 radical (unpaired) electrons. The van der Waals surface area contributed by atoms with Gasteiger partial charge in [0.1, 0.15) is 0 Å². The first-order valence-corrected chi connectivity index (χ1v) is 9.71. The molecule has 5 heteroatoms. The number of hydrogen-bond acceptors (Lipinski definition) is 4. The third-order valence-electron chi connectivity index (χ3n) is 5.24. The zero-order valence-corrected chi connectivity index (χ0v) is 16.0. The van der Waals surface area contributed by atoms with E-state index in [-0.39, 0.29) is 11.8 Å². The molecule has 2 aromatic carbocycles. The van der Waals surface area contributed by atoms with E-state index in [1.807, 2.05) is 61.5 Å². The SMILES string of the molecule is Cc1ccc(N2CCC(C(=O)Nc3ccccc3-c3ccccc3)CC2)nn1. The van der Waals surface area contributed by atoms with Crippen LogP contribution in [0.25, 0.3) is 11.1 Å². The minimum absolute atomic E-state index is 0.0125. The van der Waals surface area contributed by atoms with Crippen LogP contribution in [-0.2, 0) is 4.79 Å². The van der Waals surface area contributed by atoms with Crippen molar-refractivity contribution in [2.45, 2.75) is 19.8 Å². The molecule has 0 saturated carbocycles. The van der Waals surface area contributed by atoms with Gasteiger partial charge in [-0.15, -0.1) is 5.10 Å². The molecule has 28 heavy (non-hydrogen) atoms. The molecule has 1 fully saturated rings. The summed E-state index contributed by atoms with van der Waals surface area (Å²) in [7, 11) is 0. The van der Waals surface area contributed by atoms with Gasteiger partial charge >= 0.3 is 0 Å². The first-order chi connectivity index (χ1) is 13.7. The van der Waals surface area contributed by atoms with Crippen LogP contribution in [0, 0.1) is 12.8 Å². The highest BCUT2D eigenvalue weighted by molar-refractivity contribution is 5.96. The van der Waals surface area contributed by atoms with Crippen molar-refractivity contribution in [3.05, 3.63) is 72.4 Å². The van der Waals surface area contributed by atoms with Crippen molar-refractivity contribution < 1.29 is 4.79 Å². The lowest BCUT2D eigenvalue weighted by Crippen LogP contribution is -2.38. The smallest absolute Gasteiger partial charge is 0.227 e. The fraction of sp³-hybridized carbons (Fsp3) is 0.261. The third-order valence-corrected chi connectivity index (χ3v) is 5.24. The van der Waals surface area contributed by atoms with Crippen molar-refractivity contribution in [2.75, 3.05) is 23.3 Å². The monoisotopic (exact) mass is 372 g/mol. The molecule has 1 aromatic heterocycles. The van der Waals surface area contributed by atoms with Gasteiger partial charge in [-0.25, -0.2) is 0 Å². The summed E-state index contributed by atoms with van der Waals surface area (Å²) in [6.07, 6.45) is 1.63. The highest BCUT2D eigenvalue weighted by Crippen LogP contribution is 2.29. The normalized spacial score (nSPS) is 14.7. The maximum atomic E-state index is 12.9. The van der Waals surface area contributed by atoms with Crippen LogP contribution in [0.3, 0.4) is 0 Å². The quantitative estimate of drug-likeness (QED) is 0.741. The molecule has 0 aliphatic carbocycles. The van der Waals surface area contributed by atoms with Crippen molar-refractivity contribution in [1.29, 1.82) is 0 Å². The zero-order valence-electron chi connectivity index (χ0n) is 16.0. The summed E-state index contributed by atoms with van der Waals surface area (Å²) < 4.78 is 0. The number of benzene rings is 2. The van der Waals surface area contributed by atoms with Gasteiger partial charge in [0.2, 0.25) is 5.91 Å². The van der Waals surface area contributed by atoms with Crippen molar-refractivity contribution in [1.82, 2.24) is 10.2 Å². The second-order valence-electron chi connectivity index (χ2n) is 7.20. The average molecular weight is 372 g/mol. The van der Waals surface area contributed by atoms with Crippen LogP contribution in [0.2, 0.25) is 0 Å². The molecule has 1 aliphatic rings. The second-order valence-corrected chi connectivity index (χ2v) is 7.20. The standard InChI is InChI=1S/C23H24N4O/c1-17-11-12-22(26-25-17)27-15-13-19(14-16-27)23(28)24-21-10-6-5-9-20(21)18-7-3-2-4-8-18/h2-12,19H,13-16H2,1H3,(H,24,28). The van der Waals surface area contributed by atoms with Crippen LogP contribution < -0.4 is 10.2 Å². The number of aromatic nitrogens is 2. The summed E-state index contributed by atoms with van der Waals surface area (Å²) in [6.45, 7) is 3.56. The molecule has 0 unspecified atom stereocenters. The van der Waals surface area contributed by atoms with Gasteiger partial charge in [-0.1, -0.05) is 48.5 Å². The lowest BCUT2D eigenvalue weighted by molar-refractivity contribution is -0.120. The molecule has 1 amide bonds.